The lowest BCUT2D eigenvalue weighted by Gasteiger charge is -2.21. The second kappa shape index (κ2) is 8.74. The van der Waals surface area contributed by atoms with Gasteiger partial charge in [0.25, 0.3) is 0 Å². The van der Waals surface area contributed by atoms with Crippen molar-refractivity contribution in [1.82, 2.24) is 0 Å². The van der Waals surface area contributed by atoms with Crippen LogP contribution in [0.25, 0.3) is 0 Å². The zero-order valence-electron chi connectivity index (χ0n) is 13.9. The largest absolute Gasteiger partial charge is 0.497 e. The number of amides is 2. The first kappa shape index (κ1) is 19.1. The third-order valence-corrected chi connectivity index (χ3v) is 3.91. The zero-order chi connectivity index (χ0) is 18.4. The molecule has 2 aromatic rings. The molecular weight excluding hydrogens is 363 g/mol. The summed E-state index contributed by atoms with van der Waals surface area (Å²) in [6.07, 6.45) is 0.135. The Hall–Kier alpha value is -2.24. The molecule has 0 unspecified atom stereocenters. The predicted octanol–water partition coefficient (Wildman–Crippen LogP) is 4.38. The van der Waals surface area contributed by atoms with Gasteiger partial charge in [0, 0.05) is 41.3 Å². The quantitative estimate of drug-likeness (QED) is 0.808. The molecule has 0 atom stereocenters. The van der Waals surface area contributed by atoms with E-state index in [1.165, 1.54) is 11.8 Å². The van der Waals surface area contributed by atoms with Crippen molar-refractivity contribution in [2.75, 3.05) is 23.9 Å². The van der Waals surface area contributed by atoms with E-state index in [4.69, 9.17) is 27.9 Å². The fourth-order valence-corrected chi connectivity index (χ4v) is 2.79. The van der Waals surface area contributed by atoms with Crippen molar-refractivity contribution in [3.05, 3.63) is 52.5 Å². The highest BCUT2D eigenvalue weighted by Crippen LogP contribution is 2.26. The van der Waals surface area contributed by atoms with E-state index in [0.29, 0.717) is 27.2 Å². The van der Waals surface area contributed by atoms with Crippen LogP contribution in [-0.2, 0) is 9.59 Å². The van der Waals surface area contributed by atoms with Crippen molar-refractivity contribution in [3.63, 3.8) is 0 Å². The van der Waals surface area contributed by atoms with Crippen LogP contribution in [0, 0.1) is 0 Å². The smallest absolute Gasteiger partial charge is 0.226 e. The second-order valence-electron chi connectivity index (χ2n) is 5.32. The molecule has 0 fully saturated rings. The van der Waals surface area contributed by atoms with E-state index in [1.807, 2.05) is 0 Å². The number of methoxy groups -OCH3 is 1. The minimum atomic E-state index is -0.204. The summed E-state index contributed by atoms with van der Waals surface area (Å²) < 4.78 is 5.07. The van der Waals surface area contributed by atoms with Gasteiger partial charge in [0.2, 0.25) is 11.8 Å². The van der Waals surface area contributed by atoms with Crippen LogP contribution in [0.4, 0.5) is 11.4 Å². The average molecular weight is 381 g/mol. The highest BCUT2D eigenvalue weighted by atomic mass is 35.5. The van der Waals surface area contributed by atoms with E-state index in [-0.39, 0.29) is 24.8 Å². The molecule has 2 amide bonds. The van der Waals surface area contributed by atoms with Gasteiger partial charge in [-0.2, -0.15) is 0 Å². The van der Waals surface area contributed by atoms with Crippen LogP contribution in [-0.4, -0.2) is 25.5 Å². The fourth-order valence-electron chi connectivity index (χ4n) is 2.27. The number of nitrogens with zero attached hydrogens (tertiary/aromatic N) is 1. The van der Waals surface area contributed by atoms with Gasteiger partial charge in [0.05, 0.1) is 7.11 Å². The molecule has 0 heterocycles. The number of nitrogens with one attached hydrogen (secondary N) is 1. The van der Waals surface area contributed by atoms with Gasteiger partial charge < -0.3 is 15.0 Å². The van der Waals surface area contributed by atoms with E-state index < -0.39 is 0 Å². The zero-order valence-corrected chi connectivity index (χ0v) is 15.4. The van der Waals surface area contributed by atoms with Gasteiger partial charge in [0.1, 0.15) is 5.75 Å². The van der Waals surface area contributed by atoms with Crippen LogP contribution >= 0.6 is 23.2 Å². The first-order chi connectivity index (χ1) is 11.9. The Morgan fingerprint density at radius 1 is 1.08 bits per heavy atom. The number of halogens is 2. The molecule has 0 saturated carbocycles. The van der Waals surface area contributed by atoms with Gasteiger partial charge in [-0.05, 0) is 42.5 Å². The molecule has 5 nitrogen and oxygen atoms in total. The lowest BCUT2D eigenvalue weighted by molar-refractivity contribution is -0.117. The SMILES string of the molecule is COc1ccc(NC(=O)CCN(C(C)=O)c2cc(Cl)cc(Cl)c2)cc1. The van der Waals surface area contributed by atoms with Crippen molar-refractivity contribution < 1.29 is 14.3 Å². The third kappa shape index (κ3) is 5.66. The molecule has 7 heteroatoms. The van der Waals surface area contributed by atoms with E-state index in [9.17, 15) is 9.59 Å². The van der Waals surface area contributed by atoms with Crippen molar-refractivity contribution in [3.8, 4) is 5.75 Å². The maximum absolute atomic E-state index is 12.1. The summed E-state index contributed by atoms with van der Waals surface area (Å²) in [5, 5.41) is 3.63. The van der Waals surface area contributed by atoms with Crippen molar-refractivity contribution >= 4 is 46.4 Å². The monoisotopic (exact) mass is 380 g/mol. The minimum absolute atomic E-state index is 0.135. The molecule has 0 aliphatic rings. The van der Waals surface area contributed by atoms with Crippen molar-refractivity contribution in [2.24, 2.45) is 0 Å². The highest BCUT2D eigenvalue weighted by Gasteiger charge is 2.15. The van der Waals surface area contributed by atoms with Crippen LogP contribution < -0.4 is 15.0 Å². The van der Waals surface area contributed by atoms with Crippen LogP contribution in [0.5, 0.6) is 5.75 Å². The van der Waals surface area contributed by atoms with Crippen molar-refractivity contribution in [1.29, 1.82) is 0 Å². The van der Waals surface area contributed by atoms with Gasteiger partial charge in [0.15, 0.2) is 0 Å². The molecule has 0 aliphatic heterocycles. The first-order valence-electron chi connectivity index (χ1n) is 7.57. The Labute approximate surface area is 156 Å². The molecule has 0 bridgehead atoms. The summed E-state index contributed by atoms with van der Waals surface area (Å²) in [5.74, 6) is 0.304. The third-order valence-electron chi connectivity index (χ3n) is 3.48. The fraction of sp³-hybridized carbons (Fsp3) is 0.222. The Balaban J connectivity index is 2.00. The number of carbonyl (C=O) groups is 2. The highest BCUT2D eigenvalue weighted by molar-refractivity contribution is 6.35. The molecule has 132 valence electrons. The van der Waals surface area contributed by atoms with Crippen LogP contribution in [0.1, 0.15) is 13.3 Å². The summed E-state index contributed by atoms with van der Waals surface area (Å²) in [5.41, 5.74) is 1.22. The molecule has 0 radical (unpaired) electrons. The average Bonchev–Trinajstić information content (AvgIpc) is 2.54. The Bertz CT molecular complexity index is 743. The minimum Gasteiger partial charge on any atom is -0.497 e. The molecule has 0 aliphatic carbocycles. The molecule has 2 aromatic carbocycles. The standard InChI is InChI=1S/C18H18Cl2N2O3/c1-12(23)22(16-10-13(19)9-14(20)11-16)8-7-18(24)21-15-3-5-17(25-2)6-4-15/h3-6,9-11H,7-8H2,1-2H3,(H,21,24). The number of rotatable bonds is 6. The molecule has 2 rings (SSSR count). The summed E-state index contributed by atoms with van der Waals surface area (Å²) in [4.78, 5) is 25.5. The molecule has 25 heavy (non-hydrogen) atoms. The lowest BCUT2D eigenvalue weighted by Crippen LogP contribution is -2.32. The Kier molecular flexibility index (Phi) is 6.67. The van der Waals surface area contributed by atoms with Gasteiger partial charge in [-0.25, -0.2) is 0 Å². The Morgan fingerprint density at radius 2 is 1.68 bits per heavy atom. The topological polar surface area (TPSA) is 58.6 Å². The summed E-state index contributed by atoms with van der Waals surface area (Å²) in [7, 11) is 1.58. The molecular formula is C18H18Cl2N2O3. The number of carbonyl (C=O) groups excluding carboxylic acids is 2. The van der Waals surface area contributed by atoms with Gasteiger partial charge in [-0.1, -0.05) is 23.2 Å². The number of hydrogen-bond acceptors (Lipinski definition) is 3. The van der Waals surface area contributed by atoms with Crippen LogP contribution in [0.3, 0.4) is 0 Å². The van der Waals surface area contributed by atoms with E-state index >= 15 is 0 Å². The number of anilines is 2. The maximum Gasteiger partial charge on any atom is 0.226 e. The molecule has 0 saturated heterocycles. The summed E-state index contributed by atoms with van der Waals surface area (Å²) >= 11 is 12.0. The van der Waals surface area contributed by atoms with Crippen molar-refractivity contribution in [2.45, 2.75) is 13.3 Å². The number of hydrogen-bond donors (Lipinski definition) is 1. The van der Waals surface area contributed by atoms with Crippen LogP contribution in [0.15, 0.2) is 42.5 Å². The van der Waals surface area contributed by atoms with Crippen LogP contribution in [0.2, 0.25) is 10.0 Å². The van der Waals surface area contributed by atoms with E-state index in [1.54, 1.807) is 49.6 Å². The lowest BCUT2D eigenvalue weighted by atomic mass is 10.2. The number of ether oxygens (including phenoxy) is 1. The van der Waals surface area contributed by atoms with Gasteiger partial charge >= 0.3 is 0 Å². The molecule has 0 spiro atoms. The van der Waals surface area contributed by atoms with E-state index in [2.05, 4.69) is 5.32 Å². The second-order valence-corrected chi connectivity index (χ2v) is 6.20. The maximum atomic E-state index is 12.1. The summed E-state index contributed by atoms with van der Waals surface area (Å²) in [6, 6.07) is 11.9. The van der Waals surface area contributed by atoms with Gasteiger partial charge in [-0.3, -0.25) is 9.59 Å². The first-order valence-corrected chi connectivity index (χ1v) is 8.32. The van der Waals surface area contributed by atoms with Gasteiger partial charge in [-0.15, -0.1) is 0 Å². The Morgan fingerprint density at radius 3 is 2.20 bits per heavy atom. The molecule has 1 N–H and O–H groups in total. The summed E-state index contributed by atoms with van der Waals surface area (Å²) in [6.45, 7) is 1.64. The van der Waals surface area contributed by atoms with E-state index in [0.717, 1.165) is 0 Å². The number of benzene rings is 2. The normalized spacial score (nSPS) is 10.2. The predicted molar refractivity (Wildman–Crippen MR) is 101 cm³/mol. The molecule has 0 aromatic heterocycles.